The number of rotatable bonds is 2. The fourth-order valence-corrected chi connectivity index (χ4v) is 3.09. The third kappa shape index (κ3) is 2.09. The first-order chi connectivity index (χ1) is 8.88. The van der Waals surface area contributed by atoms with Crippen LogP contribution >= 0.6 is 0 Å². The minimum atomic E-state index is 0.181. The fourth-order valence-electron chi connectivity index (χ4n) is 3.09. The lowest BCUT2D eigenvalue weighted by atomic mass is 9.97. The van der Waals surface area contributed by atoms with Crippen LogP contribution in [-0.2, 0) is 0 Å². The summed E-state index contributed by atoms with van der Waals surface area (Å²) in [5, 5.41) is 12.8. The van der Waals surface area contributed by atoms with E-state index in [9.17, 15) is 0 Å². The van der Waals surface area contributed by atoms with Gasteiger partial charge in [-0.15, -0.1) is 0 Å². The van der Waals surface area contributed by atoms with E-state index in [2.05, 4.69) is 23.5 Å². The molecule has 0 spiro atoms. The zero-order valence-electron chi connectivity index (χ0n) is 10.4. The highest BCUT2D eigenvalue weighted by molar-refractivity contribution is 5.37. The predicted molar refractivity (Wildman–Crippen MR) is 69.2 cm³/mol. The first-order valence-corrected chi connectivity index (χ1v) is 6.76. The van der Waals surface area contributed by atoms with Crippen LogP contribution in [0.3, 0.4) is 0 Å². The number of para-hydroxylation sites is 1. The summed E-state index contributed by atoms with van der Waals surface area (Å²) < 4.78 is 5.67. The molecule has 3 heteroatoms. The number of nitriles is 1. The van der Waals surface area contributed by atoms with Gasteiger partial charge in [0.05, 0.1) is 18.6 Å². The number of nitrogens with zero attached hydrogens (tertiary/aromatic N) is 1. The Kier molecular flexibility index (Phi) is 3.21. The van der Waals surface area contributed by atoms with Gasteiger partial charge in [0.25, 0.3) is 0 Å². The van der Waals surface area contributed by atoms with Gasteiger partial charge in [-0.3, -0.25) is 0 Å². The van der Waals surface area contributed by atoms with Crippen molar-refractivity contribution in [3.63, 3.8) is 0 Å². The standard InChI is InChI=1S/C15H18N2O/c16-10-11-4-3-6-13(11)17-14-8-9-18-15-7-2-1-5-12(14)15/h1-2,5,7,11,13-14,17H,3-4,6,8-9H2. The van der Waals surface area contributed by atoms with E-state index < -0.39 is 0 Å². The zero-order valence-corrected chi connectivity index (χ0v) is 10.4. The van der Waals surface area contributed by atoms with Crippen LogP contribution in [0.25, 0.3) is 0 Å². The second-order valence-electron chi connectivity index (χ2n) is 5.17. The van der Waals surface area contributed by atoms with Crippen molar-refractivity contribution >= 4 is 0 Å². The molecule has 18 heavy (non-hydrogen) atoms. The van der Waals surface area contributed by atoms with Gasteiger partial charge < -0.3 is 10.1 Å². The molecule has 3 atom stereocenters. The Balaban J connectivity index is 1.76. The van der Waals surface area contributed by atoms with Gasteiger partial charge in [-0.05, 0) is 18.9 Å². The Hall–Kier alpha value is -1.53. The summed E-state index contributed by atoms with van der Waals surface area (Å²) in [4.78, 5) is 0. The highest BCUT2D eigenvalue weighted by atomic mass is 16.5. The summed E-state index contributed by atoms with van der Waals surface area (Å²) in [6, 6.07) is 11.3. The van der Waals surface area contributed by atoms with Gasteiger partial charge in [0.15, 0.2) is 0 Å². The second-order valence-corrected chi connectivity index (χ2v) is 5.17. The molecule has 94 valence electrons. The Bertz CT molecular complexity index is 466. The quantitative estimate of drug-likeness (QED) is 0.867. The Labute approximate surface area is 108 Å². The monoisotopic (exact) mass is 242 g/mol. The van der Waals surface area contributed by atoms with Gasteiger partial charge >= 0.3 is 0 Å². The zero-order chi connectivity index (χ0) is 12.4. The molecule has 1 saturated carbocycles. The summed E-state index contributed by atoms with van der Waals surface area (Å²) in [6.07, 6.45) is 4.32. The molecule has 0 aromatic heterocycles. The third-order valence-corrected chi connectivity index (χ3v) is 4.06. The Morgan fingerprint density at radius 3 is 3.00 bits per heavy atom. The molecule has 1 N–H and O–H groups in total. The maximum atomic E-state index is 9.15. The van der Waals surface area contributed by atoms with Crippen molar-refractivity contribution in [3.05, 3.63) is 29.8 Å². The van der Waals surface area contributed by atoms with Crippen molar-refractivity contribution in [2.45, 2.75) is 37.8 Å². The van der Waals surface area contributed by atoms with Gasteiger partial charge in [0.2, 0.25) is 0 Å². The smallest absolute Gasteiger partial charge is 0.124 e. The van der Waals surface area contributed by atoms with Crippen LogP contribution in [-0.4, -0.2) is 12.6 Å². The van der Waals surface area contributed by atoms with Crippen LogP contribution in [0.5, 0.6) is 5.75 Å². The minimum Gasteiger partial charge on any atom is -0.493 e. The molecule has 2 aliphatic rings. The van der Waals surface area contributed by atoms with E-state index in [0.29, 0.717) is 12.1 Å². The largest absolute Gasteiger partial charge is 0.493 e. The van der Waals surface area contributed by atoms with E-state index >= 15 is 0 Å². The third-order valence-electron chi connectivity index (χ3n) is 4.06. The van der Waals surface area contributed by atoms with Crippen molar-refractivity contribution in [1.82, 2.24) is 5.32 Å². The van der Waals surface area contributed by atoms with Crippen LogP contribution < -0.4 is 10.1 Å². The summed E-state index contributed by atoms with van der Waals surface area (Å²) in [7, 11) is 0. The molecule has 1 aromatic rings. The molecule has 0 bridgehead atoms. The molecular weight excluding hydrogens is 224 g/mol. The predicted octanol–water partition coefficient (Wildman–Crippen LogP) is 2.79. The van der Waals surface area contributed by atoms with Gasteiger partial charge in [-0.1, -0.05) is 24.6 Å². The van der Waals surface area contributed by atoms with E-state index in [1.165, 1.54) is 12.0 Å². The number of hydrogen-bond acceptors (Lipinski definition) is 3. The highest BCUT2D eigenvalue weighted by Crippen LogP contribution is 2.34. The molecule has 3 rings (SSSR count). The molecule has 0 saturated heterocycles. The lowest BCUT2D eigenvalue weighted by Gasteiger charge is -2.30. The van der Waals surface area contributed by atoms with Gasteiger partial charge in [0, 0.05) is 24.1 Å². The molecule has 3 unspecified atom stereocenters. The van der Waals surface area contributed by atoms with Gasteiger partial charge in [-0.25, -0.2) is 0 Å². The molecule has 0 radical (unpaired) electrons. The van der Waals surface area contributed by atoms with E-state index in [1.54, 1.807) is 0 Å². The maximum Gasteiger partial charge on any atom is 0.124 e. The maximum absolute atomic E-state index is 9.15. The normalized spacial score (nSPS) is 30.3. The Morgan fingerprint density at radius 1 is 1.22 bits per heavy atom. The van der Waals surface area contributed by atoms with E-state index in [4.69, 9.17) is 10.00 Å². The van der Waals surface area contributed by atoms with Crippen LogP contribution in [0.1, 0.15) is 37.3 Å². The fraction of sp³-hybridized carbons (Fsp3) is 0.533. The van der Waals surface area contributed by atoms with Crippen LogP contribution in [0.2, 0.25) is 0 Å². The summed E-state index contributed by atoms with van der Waals surface area (Å²) >= 11 is 0. The van der Waals surface area contributed by atoms with E-state index in [1.807, 2.05) is 12.1 Å². The van der Waals surface area contributed by atoms with Crippen molar-refractivity contribution in [2.24, 2.45) is 5.92 Å². The molecule has 3 nitrogen and oxygen atoms in total. The van der Waals surface area contributed by atoms with Crippen molar-refractivity contribution in [1.29, 1.82) is 5.26 Å². The molecule has 0 amide bonds. The Morgan fingerprint density at radius 2 is 2.11 bits per heavy atom. The molecule has 1 aromatic carbocycles. The van der Waals surface area contributed by atoms with Gasteiger partial charge in [0.1, 0.15) is 5.75 Å². The van der Waals surface area contributed by atoms with E-state index in [0.717, 1.165) is 31.6 Å². The van der Waals surface area contributed by atoms with Crippen molar-refractivity contribution < 1.29 is 4.74 Å². The average molecular weight is 242 g/mol. The van der Waals surface area contributed by atoms with E-state index in [-0.39, 0.29) is 5.92 Å². The topological polar surface area (TPSA) is 45.0 Å². The molecular formula is C15H18N2O. The number of benzene rings is 1. The summed E-state index contributed by atoms with van der Waals surface area (Å²) in [6.45, 7) is 0.763. The van der Waals surface area contributed by atoms with Crippen molar-refractivity contribution in [3.8, 4) is 11.8 Å². The minimum absolute atomic E-state index is 0.181. The van der Waals surface area contributed by atoms with Crippen LogP contribution in [0.15, 0.2) is 24.3 Å². The lowest BCUT2D eigenvalue weighted by molar-refractivity contribution is 0.240. The summed E-state index contributed by atoms with van der Waals surface area (Å²) in [5.41, 5.74) is 1.24. The SMILES string of the molecule is N#CC1CCCC1NC1CCOc2ccccc21. The molecule has 1 aliphatic heterocycles. The number of fused-ring (bicyclic) bond motifs is 1. The first-order valence-electron chi connectivity index (χ1n) is 6.76. The second kappa shape index (κ2) is 4.99. The molecule has 1 aliphatic carbocycles. The number of nitrogens with one attached hydrogen (secondary N) is 1. The van der Waals surface area contributed by atoms with Gasteiger partial charge in [-0.2, -0.15) is 5.26 Å². The molecule has 1 heterocycles. The van der Waals surface area contributed by atoms with Crippen LogP contribution in [0, 0.1) is 17.2 Å². The average Bonchev–Trinajstić information content (AvgIpc) is 2.86. The number of ether oxygens (including phenoxy) is 1. The van der Waals surface area contributed by atoms with Crippen LogP contribution in [0.4, 0.5) is 0 Å². The first kappa shape index (κ1) is 11.6. The lowest BCUT2D eigenvalue weighted by Crippen LogP contribution is -2.37. The van der Waals surface area contributed by atoms with Crippen molar-refractivity contribution in [2.75, 3.05) is 6.61 Å². The summed E-state index contributed by atoms with van der Waals surface area (Å²) in [5.74, 6) is 1.17. The number of hydrogen-bond donors (Lipinski definition) is 1. The highest BCUT2D eigenvalue weighted by Gasteiger charge is 2.31. The molecule has 1 fully saturated rings.